The summed E-state index contributed by atoms with van der Waals surface area (Å²) in [4.78, 5) is 22.3. The third kappa shape index (κ3) is 2.36. The second-order valence-corrected chi connectivity index (χ2v) is 5.17. The van der Waals surface area contributed by atoms with Gasteiger partial charge in [0, 0.05) is 6.42 Å². The van der Waals surface area contributed by atoms with Gasteiger partial charge in [0.2, 0.25) is 0 Å². The van der Waals surface area contributed by atoms with E-state index in [1.165, 1.54) is 26.2 Å². The number of carbonyl (C=O) groups excluding carboxylic acids is 2. The molecular weight excluding hydrogens is 206 g/mol. The van der Waals surface area contributed by atoms with Crippen LogP contribution in [0.15, 0.2) is 0 Å². The van der Waals surface area contributed by atoms with E-state index in [1.54, 1.807) is 0 Å². The molecule has 90 valence electrons. The number of amides is 1. The minimum Gasteiger partial charge on any atom is -0.453 e. The maximum absolute atomic E-state index is 11.6. The van der Waals surface area contributed by atoms with E-state index in [1.807, 2.05) is 0 Å². The number of fused-ring (bicyclic) bond motifs is 2. The minimum atomic E-state index is -0.800. The number of carbonyl (C=O) groups is 2. The van der Waals surface area contributed by atoms with Crippen LogP contribution in [0.1, 0.15) is 39.0 Å². The van der Waals surface area contributed by atoms with E-state index in [9.17, 15) is 9.59 Å². The van der Waals surface area contributed by atoms with Gasteiger partial charge < -0.3 is 10.5 Å². The molecule has 0 aromatic carbocycles. The number of rotatable bonds is 4. The molecule has 2 bridgehead atoms. The number of hydrogen-bond donors (Lipinski definition) is 1. The molecule has 0 aromatic rings. The molecular formula is C12H19NO3. The molecule has 0 aliphatic heterocycles. The Morgan fingerprint density at radius 1 is 1.38 bits per heavy atom. The third-order valence-electron chi connectivity index (χ3n) is 4.02. The van der Waals surface area contributed by atoms with Gasteiger partial charge in [0.15, 0.2) is 6.10 Å². The molecule has 16 heavy (non-hydrogen) atoms. The Labute approximate surface area is 95.5 Å². The molecule has 4 heteroatoms. The molecule has 4 atom stereocenters. The van der Waals surface area contributed by atoms with E-state index in [2.05, 4.69) is 0 Å². The summed E-state index contributed by atoms with van der Waals surface area (Å²) in [6.45, 7) is 1.51. The summed E-state index contributed by atoms with van der Waals surface area (Å²) in [6, 6.07) is 0. The maximum Gasteiger partial charge on any atom is 0.306 e. The normalized spacial score (nSPS) is 33.7. The van der Waals surface area contributed by atoms with E-state index < -0.39 is 12.0 Å². The molecule has 2 fully saturated rings. The van der Waals surface area contributed by atoms with Gasteiger partial charge in [-0.2, -0.15) is 0 Å². The van der Waals surface area contributed by atoms with Crippen LogP contribution in [-0.2, 0) is 14.3 Å². The standard InChI is InChI=1S/C12H19NO3/c1-7(12(13)15)16-11(14)6-10-5-8-2-3-9(10)4-8/h7-10H,2-6H2,1H3,(H2,13,15)/t7-,8+,9-,10-/m1/s1. The number of nitrogens with two attached hydrogens (primary N) is 1. The van der Waals surface area contributed by atoms with Crippen LogP contribution < -0.4 is 5.73 Å². The lowest BCUT2D eigenvalue weighted by Gasteiger charge is -2.21. The first-order valence-electron chi connectivity index (χ1n) is 6.05. The molecule has 0 saturated heterocycles. The average Bonchev–Trinajstić information content (AvgIpc) is 2.78. The second kappa shape index (κ2) is 4.44. The molecule has 2 N–H and O–H groups in total. The summed E-state index contributed by atoms with van der Waals surface area (Å²) < 4.78 is 4.97. The summed E-state index contributed by atoms with van der Waals surface area (Å²) in [6.07, 6.45) is 4.68. The Kier molecular flexibility index (Phi) is 3.17. The van der Waals surface area contributed by atoms with Crippen molar-refractivity contribution in [3.63, 3.8) is 0 Å². The second-order valence-electron chi connectivity index (χ2n) is 5.17. The lowest BCUT2D eigenvalue weighted by atomic mass is 9.86. The highest BCUT2D eigenvalue weighted by Gasteiger charge is 2.40. The lowest BCUT2D eigenvalue weighted by Crippen LogP contribution is -2.31. The molecule has 2 saturated carbocycles. The van der Waals surface area contributed by atoms with E-state index in [0.717, 1.165) is 12.3 Å². The highest BCUT2D eigenvalue weighted by atomic mass is 16.5. The molecule has 2 rings (SSSR count). The predicted molar refractivity (Wildman–Crippen MR) is 58.3 cm³/mol. The van der Waals surface area contributed by atoms with Crippen LogP contribution >= 0.6 is 0 Å². The zero-order chi connectivity index (χ0) is 11.7. The van der Waals surface area contributed by atoms with Gasteiger partial charge in [0.1, 0.15) is 0 Å². The van der Waals surface area contributed by atoms with Crippen molar-refractivity contribution in [3.05, 3.63) is 0 Å². The van der Waals surface area contributed by atoms with Gasteiger partial charge in [-0.15, -0.1) is 0 Å². The molecule has 2 aliphatic carbocycles. The summed E-state index contributed by atoms with van der Waals surface area (Å²) >= 11 is 0. The van der Waals surface area contributed by atoms with Crippen LogP contribution in [-0.4, -0.2) is 18.0 Å². The number of ether oxygens (including phenoxy) is 1. The quantitative estimate of drug-likeness (QED) is 0.731. The van der Waals surface area contributed by atoms with Crippen LogP contribution in [0.25, 0.3) is 0 Å². The molecule has 0 unspecified atom stereocenters. The summed E-state index contributed by atoms with van der Waals surface area (Å²) in [5.41, 5.74) is 5.04. The molecule has 2 aliphatic rings. The fourth-order valence-electron chi connectivity index (χ4n) is 3.14. The number of hydrogen-bond acceptors (Lipinski definition) is 3. The van der Waals surface area contributed by atoms with Crippen molar-refractivity contribution in [1.29, 1.82) is 0 Å². The Hall–Kier alpha value is -1.06. The van der Waals surface area contributed by atoms with Crippen LogP contribution in [0.3, 0.4) is 0 Å². The fourth-order valence-corrected chi connectivity index (χ4v) is 3.14. The van der Waals surface area contributed by atoms with Crippen LogP contribution in [0, 0.1) is 17.8 Å². The smallest absolute Gasteiger partial charge is 0.306 e. The monoisotopic (exact) mass is 225 g/mol. The van der Waals surface area contributed by atoms with Gasteiger partial charge in [-0.05, 0) is 43.9 Å². The van der Waals surface area contributed by atoms with Crippen molar-refractivity contribution < 1.29 is 14.3 Å². The Morgan fingerprint density at radius 3 is 2.62 bits per heavy atom. The molecule has 0 radical (unpaired) electrons. The van der Waals surface area contributed by atoms with Crippen molar-refractivity contribution in [1.82, 2.24) is 0 Å². The highest BCUT2D eigenvalue weighted by Crippen LogP contribution is 2.49. The van der Waals surface area contributed by atoms with E-state index in [4.69, 9.17) is 10.5 Å². The van der Waals surface area contributed by atoms with Crippen molar-refractivity contribution in [2.75, 3.05) is 0 Å². The van der Waals surface area contributed by atoms with Gasteiger partial charge in [-0.3, -0.25) is 9.59 Å². The SMILES string of the molecule is C[C@@H](OC(=O)C[C@H]1C[C@H]2CC[C@@H]1C2)C(N)=O. The molecule has 4 nitrogen and oxygen atoms in total. The number of esters is 1. The average molecular weight is 225 g/mol. The first-order valence-corrected chi connectivity index (χ1v) is 6.05. The molecule has 1 amide bonds. The third-order valence-corrected chi connectivity index (χ3v) is 4.02. The Balaban J connectivity index is 1.77. The van der Waals surface area contributed by atoms with Gasteiger partial charge in [0.25, 0.3) is 5.91 Å². The summed E-state index contributed by atoms with van der Waals surface area (Å²) in [5.74, 6) is 1.16. The number of primary amides is 1. The van der Waals surface area contributed by atoms with Crippen LogP contribution in [0.4, 0.5) is 0 Å². The van der Waals surface area contributed by atoms with Crippen molar-refractivity contribution >= 4 is 11.9 Å². The lowest BCUT2D eigenvalue weighted by molar-refractivity contribution is -0.155. The Bertz CT molecular complexity index is 303. The zero-order valence-electron chi connectivity index (χ0n) is 9.65. The zero-order valence-corrected chi connectivity index (χ0v) is 9.65. The minimum absolute atomic E-state index is 0.274. The van der Waals surface area contributed by atoms with E-state index >= 15 is 0 Å². The van der Waals surface area contributed by atoms with Gasteiger partial charge >= 0.3 is 5.97 Å². The largest absolute Gasteiger partial charge is 0.453 e. The van der Waals surface area contributed by atoms with Gasteiger partial charge in [-0.25, -0.2) is 0 Å². The summed E-state index contributed by atoms with van der Waals surface area (Å²) in [7, 11) is 0. The molecule has 0 spiro atoms. The fraction of sp³-hybridized carbons (Fsp3) is 0.833. The highest BCUT2D eigenvalue weighted by molar-refractivity contribution is 5.81. The van der Waals surface area contributed by atoms with Crippen molar-refractivity contribution in [3.8, 4) is 0 Å². The van der Waals surface area contributed by atoms with Crippen LogP contribution in [0.5, 0.6) is 0 Å². The molecule has 0 aromatic heterocycles. The van der Waals surface area contributed by atoms with E-state index in [0.29, 0.717) is 18.3 Å². The summed E-state index contributed by atoms with van der Waals surface area (Å²) in [5, 5.41) is 0. The van der Waals surface area contributed by atoms with Crippen molar-refractivity contribution in [2.45, 2.75) is 45.1 Å². The van der Waals surface area contributed by atoms with Crippen LogP contribution in [0.2, 0.25) is 0 Å². The molecule has 0 heterocycles. The first-order chi connectivity index (χ1) is 7.56. The predicted octanol–water partition coefficient (Wildman–Crippen LogP) is 1.23. The topological polar surface area (TPSA) is 69.4 Å². The van der Waals surface area contributed by atoms with Crippen molar-refractivity contribution in [2.24, 2.45) is 23.5 Å². The van der Waals surface area contributed by atoms with Gasteiger partial charge in [-0.1, -0.05) is 6.42 Å². The Morgan fingerprint density at radius 2 is 2.12 bits per heavy atom. The first kappa shape index (κ1) is 11.4. The maximum atomic E-state index is 11.6. The van der Waals surface area contributed by atoms with Gasteiger partial charge in [0.05, 0.1) is 0 Å². The van der Waals surface area contributed by atoms with E-state index in [-0.39, 0.29) is 5.97 Å².